The fourth-order valence-corrected chi connectivity index (χ4v) is 2.49. The fourth-order valence-electron chi connectivity index (χ4n) is 1.08. The average molecular weight is 346 g/mol. The van der Waals surface area contributed by atoms with Crippen LogP contribution in [0.3, 0.4) is 0 Å². The van der Waals surface area contributed by atoms with Crippen molar-refractivity contribution in [3.63, 3.8) is 0 Å². The number of amides is 1. The minimum Gasteiger partial charge on any atom is -0.325 e. The number of rotatable bonds is 4. The lowest BCUT2D eigenvalue weighted by Crippen LogP contribution is -2.23. The minimum absolute atomic E-state index is 0.0795. The third-order valence-electron chi connectivity index (χ3n) is 1.93. The highest BCUT2D eigenvalue weighted by atomic mass is 79.9. The van der Waals surface area contributed by atoms with E-state index in [1.165, 1.54) is 0 Å². The monoisotopic (exact) mass is 344 g/mol. The summed E-state index contributed by atoms with van der Waals surface area (Å²) in [4.78, 5) is 11.4. The highest BCUT2D eigenvalue weighted by Gasteiger charge is 2.13. The van der Waals surface area contributed by atoms with E-state index in [9.17, 15) is 4.79 Å². The summed E-state index contributed by atoms with van der Waals surface area (Å²) in [5.74, 6) is -0.0795. The first-order chi connectivity index (χ1) is 7.67. The molecule has 16 heavy (non-hydrogen) atoms. The molecule has 1 amide bonds. The van der Waals surface area contributed by atoms with E-state index in [1.54, 1.807) is 24.3 Å². The van der Waals surface area contributed by atoms with Gasteiger partial charge in [0.05, 0.1) is 16.5 Å². The first kappa shape index (κ1) is 13.2. The van der Waals surface area contributed by atoms with Gasteiger partial charge in [-0.2, -0.15) is 5.26 Å². The van der Waals surface area contributed by atoms with Gasteiger partial charge < -0.3 is 5.32 Å². The maximum Gasteiger partial charge on any atom is 0.238 e. The summed E-state index contributed by atoms with van der Waals surface area (Å²) in [5.41, 5.74) is 1.27. The number of nitrogens with zero attached hydrogens (tertiary/aromatic N) is 1. The van der Waals surface area contributed by atoms with Crippen LogP contribution in [0.4, 0.5) is 5.69 Å². The number of halogens is 2. The summed E-state index contributed by atoms with van der Waals surface area (Å²) in [6.07, 6.45) is 0.724. The molecular weight excluding hydrogens is 336 g/mol. The number of hydrogen-bond donors (Lipinski definition) is 1. The number of anilines is 1. The van der Waals surface area contributed by atoms with Crippen molar-refractivity contribution in [1.29, 1.82) is 5.26 Å². The van der Waals surface area contributed by atoms with Gasteiger partial charge in [-0.3, -0.25) is 4.79 Å². The van der Waals surface area contributed by atoms with E-state index < -0.39 is 0 Å². The number of carbonyl (C=O) groups is 1. The first-order valence-electron chi connectivity index (χ1n) is 4.68. The second-order valence-corrected chi connectivity index (χ2v) is 5.02. The van der Waals surface area contributed by atoms with Crippen LogP contribution in [-0.4, -0.2) is 16.1 Å². The molecule has 84 valence electrons. The third-order valence-corrected chi connectivity index (χ3v) is 3.26. The molecule has 1 unspecified atom stereocenters. The smallest absolute Gasteiger partial charge is 0.238 e. The summed E-state index contributed by atoms with van der Waals surface area (Å²) >= 11 is 6.57. The van der Waals surface area contributed by atoms with Crippen molar-refractivity contribution >= 4 is 43.5 Å². The zero-order valence-electron chi connectivity index (χ0n) is 8.41. The van der Waals surface area contributed by atoms with E-state index in [-0.39, 0.29) is 10.7 Å². The van der Waals surface area contributed by atoms with Crippen LogP contribution >= 0.6 is 31.9 Å². The number of benzene rings is 1. The van der Waals surface area contributed by atoms with Crippen molar-refractivity contribution in [3.8, 4) is 6.07 Å². The Morgan fingerprint density at radius 3 is 2.56 bits per heavy atom. The van der Waals surface area contributed by atoms with Crippen LogP contribution in [0.5, 0.6) is 0 Å². The molecule has 1 atom stereocenters. The van der Waals surface area contributed by atoms with E-state index in [0.29, 0.717) is 11.3 Å². The molecule has 5 heteroatoms. The van der Waals surface area contributed by atoms with Crippen LogP contribution in [0.25, 0.3) is 0 Å². The maximum absolute atomic E-state index is 11.6. The van der Waals surface area contributed by atoms with Gasteiger partial charge in [-0.15, -0.1) is 0 Å². The summed E-state index contributed by atoms with van der Waals surface area (Å²) in [7, 11) is 0. The molecular formula is C11H10Br2N2O. The molecule has 1 aromatic rings. The molecule has 0 bridgehead atoms. The quantitative estimate of drug-likeness (QED) is 0.852. The normalized spacial score (nSPS) is 11.6. The number of carbonyl (C=O) groups excluding carboxylic acids is 1. The summed E-state index contributed by atoms with van der Waals surface area (Å²) < 4.78 is 0. The molecule has 1 rings (SSSR count). The molecule has 0 fully saturated rings. The van der Waals surface area contributed by atoms with Gasteiger partial charge >= 0.3 is 0 Å². The molecule has 0 aliphatic heterocycles. The van der Waals surface area contributed by atoms with Crippen molar-refractivity contribution < 1.29 is 4.79 Å². The van der Waals surface area contributed by atoms with E-state index in [2.05, 4.69) is 37.2 Å². The third kappa shape index (κ3) is 3.95. The van der Waals surface area contributed by atoms with E-state index in [1.807, 2.05) is 6.07 Å². The Bertz CT molecular complexity index is 397. The van der Waals surface area contributed by atoms with Crippen LogP contribution in [-0.2, 0) is 4.79 Å². The summed E-state index contributed by atoms with van der Waals surface area (Å²) in [5, 5.41) is 12.1. The Morgan fingerprint density at radius 1 is 1.44 bits per heavy atom. The first-order valence-corrected chi connectivity index (χ1v) is 6.72. The molecule has 0 aromatic heterocycles. The highest BCUT2D eigenvalue weighted by molar-refractivity contribution is 9.10. The van der Waals surface area contributed by atoms with Gasteiger partial charge in [-0.25, -0.2) is 0 Å². The van der Waals surface area contributed by atoms with Crippen molar-refractivity contribution in [3.05, 3.63) is 29.8 Å². The Balaban J connectivity index is 2.60. The number of nitriles is 1. The average Bonchev–Trinajstić information content (AvgIpc) is 2.30. The lowest BCUT2D eigenvalue weighted by Gasteiger charge is -2.09. The van der Waals surface area contributed by atoms with Gasteiger partial charge in [0.2, 0.25) is 5.91 Å². The van der Waals surface area contributed by atoms with Crippen molar-refractivity contribution in [2.24, 2.45) is 0 Å². The van der Waals surface area contributed by atoms with Gasteiger partial charge in [0.25, 0.3) is 0 Å². The molecule has 0 aliphatic carbocycles. The predicted octanol–water partition coefficient (Wildman–Crippen LogP) is 3.05. The summed E-state index contributed by atoms with van der Waals surface area (Å²) in [6.45, 7) is 0. The molecule has 0 saturated heterocycles. The van der Waals surface area contributed by atoms with Crippen LogP contribution in [0.1, 0.15) is 12.0 Å². The van der Waals surface area contributed by atoms with Gasteiger partial charge in [-0.1, -0.05) is 31.9 Å². The van der Waals surface area contributed by atoms with Crippen molar-refractivity contribution in [2.45, 2.75) is 11.2 Å². The van der Waals surface area contributed by atoms with Gasteiger partial charge in [-0.05, 0) is 30.7 Å². The molecule has 0 heterocycles. The molecule has 0 aliphatic rings. The molecule has 0 saturated carbocycles. The van der Waals surface area contributed by atoms with Crippen LogP contribution < -0.4 is 5.32 Å². The molecule has 1 N–H and O–H groups in total. The lowest BCUT2D eigenvalue weighted by molar-refractivity contribution is -0.115. The van der Waals surface area contributed by atoms with Gasteiger partial charge in [0, 0.05) is 11.0 Å². The predicted molar refractivity (Wildman–Crippen MR) is 70.9 cm³/mol. The van der Waals surface area contributed by atoms with Crippen LogP contribution in [0.2, 0.25) is 0 Å². The van der Waals surface area contributed by atoms with E-state index in [0.717, 1.165) is 11.8 Å². The van der Waals surface area contributed by atoms with Gasteiger partial charge in [0.15, 0.2) is 0 Å². The molecule has 0 radical (unpaired) electrons. The van der Waals surface area contributed by atoms with Gasteiger partial charge in [0.1, 0.15) is 0 Å². The van der Waals surface area contributed by atoms with E-state index >= 15 is 0 Å². The van der Waals surface area contributed by atoms with Crippen LogP contribution in [0, 0.1) is 11.3 Å². The highest BCUT2D eigenvalue weighted by Crippen LogP contribution is 2.13. The second-order valence-electron chi connectivity index (χ2n) is 3.12. The molecule has 3 nitrogen and oxygen atoms in total. The maximum atomic E-state index is 11.6. The lowest BCUT2D eigenvalue weighted by atomic mass is 10.2. The standard InChI is InChI=1S/C11H10Br2N2O/c12-6-5-10(13)11(16)15-9-3-1-8(7-14)2-4-9/h1-4,10H,5-6H2,(H,15,16). The second kappa shape index (κ2) is 6.66. The molecule has 0 spiro atoms. The minimum atomic E-state index is -0.206. The zero-order chi connectivity index (χ0) is 12.0. The number of alkyl halides is 2. The van der Waals surface area contributed by atoms with Crippen molar-refractivity contribution in [1.82, 2.24) is 0 Å². The fraction of sp³-hybridized carbons (Fsp3) is 0.273. The molecule has 1 aromatic carbocycles. The number of hydrogen-bond acceptors (Lipinski definition) is 2. The topological polar surface area (TPSA) is 52.9 Å². The Kier molecular flexibility index (Phi) is 5.50. The van der Waals surface area contributed by atoms with Crippen molar-refractivity contribution in [2.75, 3.05) is 10.6 Å². The Hall–Kier alpha value is -0.860. The summed E-state index contributed by atoms with van der Waals surface area (Å²) in [6, 6.07) is 8.79. The van der Waals surface area contributed by atoms with E-state index in [4.69, 9.17) is 5.26 Å². The largest absolute Gasteiger partial charge is 0.325 e. The Morgan fingerprint density at radius 2 is 2.06 bits per heavy atom. The number of nitrogens with one attached hydrogen (secondary N) is 1. The van der Waals surface area contributed by atoms with Crippen LogP contribution in [0.15, 0.2) is 24.3 Å². The SMILES string of the molecule is N#Cc1ccc(NC(=O)C(Br)CCBr)cc1. The Labute approximate surface area is 111 Å². The zero-order valence-corrected chi connectivity index (χ0v) is 11.6.